The summed E-state index contributed by atoms with van der Waals surface area (Å²) in [6.45, 7) is 0. The molecule has 0 bridgehead atoms. The number of hydrogen-bond acceptors (Lipinski definition) is 3. The van der Waals surface area contributed by atoms with Gasteiger partial charge in [0.1, 0.15) is 11.5 Å². The minimum atomic E-state index is -0.413. The smallest absolute Gasteiger partial charge is 0.255 e. The predicted molar refractivity (Wildman–Crippen MR) is 85.0 cm³/mol. The van der Waals surface area contributed by atoms with E-state index in [1.165, 1.54) is 18.2 Å². The van der Waals surface area contributed by atoms with E-state index in [0.717, 1.165) is 5.56 Å². The highest BCUT2D eigenvalue weighted by Crippen LogP contribution is 2.22. The standard InChI is InChI=1S/C16H16BrNO3/c17-10-12(8-11-4-2-1-3-5-11)18-16(21)14-9-13(19)6-7-15(14)20/h1-7,9,12,19-20H,8,10H2,(H,18,21). The topological polar surface area (TPSA) is 69.6 Å². The number of halogens is 1. The fraction of sp³-hybridized carbons (Fsp3) is 0.188. The minimum Gasteiger partial charge on any atom is -0.508 e. The van der Waals surface area contributed by atoms with Crippen LogP contribution in [0.2, 0.25) is 0 Å². The third-order valence-corrected chi connectivity index (χ3v) is 3.85. The third-order valence-electron chi connectivity index (χ3n) is 3.07. The highest BCUT2D eigenvalue weighted by atomic mass is 79.9. The lowest BCUT2D eigenvalue weighted by Gasteiger charge is -2.17. The molecule has 110 valence electrons. The first kappa shape index (κ1) is 15.4. The number of phenolic OH excluding ortho intramolecular Hbond substituents is 2. The van der Waals surface area contributed by atoms with Gasteiger partial charge in [0.2, 0.25) is 0 Å². The van der Waals surface area contributed by atoms with E-state index in [4.69, 9.17) is 0 Å². The summed E-state index contributed by atoms with van der Waals surface area (Å²) in [7, 11) is 0. The fourth-order valence-corrected chi connectivity index (χ4v) is 2.40. The number of amides is 1. The average molecular weight is 350 g/mol. The maximum Gasteiger partial charge on any atom is 0.255 e. The zero-order valence-electron chi connectivity index (χ0n) is 11.3. The maximum atomic E-state index is 12.2. The molecule has 3 N–H and O–H groups in total. The summed E-state index contributed by atoms with van der Waals surface area (Å²) in [5.74, 6) is -0.626. The van der Waals surface area contributed by atoms with Gasteiger partial charge in [0, 0.05) is 11.4 Å². The van der Waals surface area contributed by atoms with Gasteiger partial charge < -0.3 is 15.5 Å². The molecule has 0 aliphatic carbocycles. The molecule has 0 saturated carbocycles. The van der Waals surface area contributed by atoms with Gasteiger partial charge in [-0.1, -0.05) is 46.3 Å². The Morgan fingerprint density at radius 2 is 1.86 bits per heavy atom. The van der Waals surface area contributed by atoms with Crippen LogP contribution >= 0.6 is 15.9 Å². The van der Waals surface area contributed by atoms with Gasteiger partial charge in [-0.15, -0.1) is 0 Å². The van der Waals surface area contributed by atoms with Crippen LogP contribution in [0.1, 0.15) is 15.9 Å². The Bertz CT molecular complexity index is 616. The number of benzene rings is 2. The highest BCUT2D eigenvalue weighted by molar-refractivity contribution is 9.09. The molecule has 0 aromatic heterocycles. The molecule has 5 heteroatoms. The average Bonchev–Trinajstić information content (AvgIpc) is 2.50. The molecule has 0 heterocycles. The van der Waals surface area contributed by atoms with E-state index >= 15 is 0 Å². The summed E-state index contributed by atoms with van der Waals surface area (Å²) in [5.41, 5.74) is 1.18. The maximum absolute atomic E-state index is 12.2. The molecule has 2 aromatic rings. The second kappa shape index (κ2) is 7.13. The number of hydrogen-bond donors (Lipinski definition) is 3. The second-order valence-electron chi connectivity index (χ2n) is 4.72. The quantitative estimate of drug-likeness (QED) is 0.574. The molecular formula is C16H16BrNO3. The number of alkyl halides is 1. The summed E-state index contributed by atoms with van der Waals surface area (Å²) in [6.07, 6.45) is 0.678. The number of carbonyl (C=O) groups is 1. The Morgan fingerprint density at radius 1 is 1.14 bits per heavy atom. The van der Waals surface area contributed by atoms with Gasteiger partial charge in [-0.3, -0.25) is 4.79 Å². The predicted octanol–water partition coefficient (Wildman–Crippen LogP) is 2.83. The first-order valence-corrected chi connectivity index (χ1v) is 7.65. The number of carbonyl (C=O) groups excluding carboxylic acids is 1. The van der Waals surface area contributed by atoms with Gasteiger partial charge in [-0.05, 0) is 30.2 Å². The van der Waals surface area contributed by atoms with E-state index in [-0.39, 0.29) is 23.1 Å². The first-order valence-electron chi connectivity index (χ1n) is 6.53. The van der Waals surface area contributed by atoms with E-state index in [2.05, 4.69) is 21.2 Å². The molecule has 0 aliphatic rings. The lowest BCUT2D eigenvalue weighted by Crippen LogP contribution is -2.37. The Balaban J connectivity index is 2.07. The molecule has 2 aromatic carbocycles. The zero-order valence-corrected chi connectivity index (χ0v) is 12.9. The van der Waals surface area contributed by atoms with E-state index in [0.29, 0.717) is 11.8 Å². The van der Waals surface area contributed by atoms with E-state index in [9.17, 15) is 15.0 Å². The molecule has 2 rings (SSSR count). The van der Waals surface area contributed by atoms with Crippen LogP contribution in [-0.2, 0) is 6.42 Å². The summed E-state index contributed by atoms with van der Waals surface area (Å²) < 4.78 is 0. The van der Waals surface area contributed by atoms with Crippen molar-refractivity contribution in [2.45, 2.75) is 12.5 Å². The zero-order chi connectivity index (χ0) is 15.2. The molecule has 21 heavy (non-hydrogen) atoms. The molecule has 0 spiro atoms. The van der Waals surface area contributed by atoms with Gasteiger partial charge in [0.05, 0.1) is 5.56 Å². The van der Waals surface area contributed by atoms with Crippen molar-refractivity contribution in [3.05, 3.63) is 59.7 Å². The lowest BCUT2D eigenvalue weighted by molar-refractivity contribution is 0.0938. The summed E-state index contributed by atoms with van der Waals surface area (Å²) in [4.78, 5) is 12.2. The molecule has 4 nitrogen and oxygen atoms in total. The van der Waals surface area contributed by atoms with Crippen molar-refractivity contribution in [3.63, 3.8) is 0 Å². The van der Waals surface area contributed by atoms with Crippen LogP contribution < -0.4 is 5.32 Å². The van der Waals surface area contributed by atoms with Crippen molar-refractivity contribution >= 4 is 21.8 Å². The minimum absolute atomic E-state index is 0.0589. The second-order valence-corrected chi connectivity index (χ2v) is 5.36. The van der Waals surface area contributed by atoms with Gasteiger partial charge in [-0.2, -0.15) is 0 Å². The van der Waals surface area contributed by atoms with E-state index in [1.54, 1.807) is 0 Å². The third kappa shape index (κ3) is 4.23. The van der Waals surface area contributed by atoms with Crippen LogP contribution in [0.15, 0.2) is 48.5 Å². The van der Waals surface area contributed by atoms with Crippen molar-refractivity contribution in [1.29, 1.82) is 0 Å². The van der Waals surface area contributed by atoms with Crippen LogP contribution in [0.25, 0.3) is 0 Å². The number of rotatable bonds is 5. The first-order chi connectivity index (χ1) is 10.1. The summed E-state index contributed by atoms with van der Waals surface area (Å²) >= 11 is 3.38. The monoisotopic (exact) mass is 349 g/mol. The van der Waals surface area contributed by atoms with Crippen LogP contribution in [0, 0.1) is 0 Å². The van der Waals surface area contributed by atoms with Crippen molar-refractivity contribution in [3.8, 4) is 11.5 Å². The Labute approximate surface area is 131 Å². The van der Waals surface area contributed by atoms with Gasteiger partial charge >= 0.3 is 0 Å². The number of nitrogens with one attached hydrogen (secondary N) is 1. The SMILES string of the molecule is O=C(NC(CBr)Cc1ccccc1)c1cc(O)ccc1O. The Morgan fingerprint density at radius 3 is 2.52 bits per heavy atom. The molecule has 1 amide bonds. The molecule has 0 radical (unpaired) electrons. The van der Waals surface area contributed by atoms with Gasteiger partial charge in [0.15, 0.2) is 0 Å². The largest absolute Gasteiger partial charge is 0.508 e. The number of phenols is 2. The van der Waals surface area contributed by atoms with Gasteiger partial charge in [0.25, 0.3) is 5.91 Å². The summed E-state index contributed by atoms with van der Waals surface area (Å²) in [5, 5.41) is 22.5. The molecule has 0 saturated heterocycles. The van der Waals surface area contributed by atoms with Crippen LogP contribution in [0.5, 0.6) is 11.5 Å². The highest BCUT2D eigenvalue weighted by Gasteiger charge is 2.16. The van der Waals surface area contributed by atoms with Crippen LogP contribution in [-0.4, -0.2) is 27.5 Å². The van der Waals surface area contributed by atoms with Crippen LogP contribution in [0.3, 0.4) is 0 Å². The molecular weight excluding hydrogens is 334 g/mol. The van der Waals surface area contributed by atoms with Crippen molar-refractivity contribution in [1.82, 2.24) is 5.32 Å². The molecule has 1 unspecified atom stereocenters. The van der Waals surface area contributed by atoms with Crippen molar-refractivity contribution < 1.29 is 15.0 Å². The van der Waals surface area contributed by atoms with Crippen LogP contribution in [0.4, 0.5) is 0 Å². The van der Waals surface area contributed by atoms with Crippen molar-refractivity contribution in [2.24, 2.45) is 0 Å². The molecule has 0 fully saturated rings. The summed E-state index contributed by atoms with van der Waals surface area (Å²) in [6, 6.07) is 13.6. The Kier molecular flexibility index (Phi) is 5.22. The Hall–Kier alpha value is -2.01. The van der Waals surface area contributed by atoms with E-state index in [1.807, 2.05) is 30.3 Å². The van der Waals surface area contributed by atoms with E-state index < -0.39 is 5.91 Å². The van der Waals surface area contributed by atoms with Crippen molar-refractivity contribution in [2.75, 3.05) is 5.33 Å². The number of aromatic hydroxyl groups is 2. The molecule has 1 atom stereocenters. The molecule has 0 aliphatic heterocycles. The lowest BCUT2D eigenvalue weighted by atomic mass is 10.1. The normalized spacial score (nSPS) is 11.9. The fourth-order valence-electron chi connectivity index (χ4n) is 2.01. The van der Waals surface area contributed by atoms with Gasteiger partial charge in [-0.25, -0.2) is 0 Å².